The Morgan fingerprint density at radius 2 is 2.09 bits per heavy atom. The van der Waals surface area contributed by atoms with Gasteiger partial charge in [0.05, 0.1) is 13.2 Å². The van der Waals surface area contributed by atoms with Gasteiger partial charge in [0, 0.05) is 30.9 Å². The zero-order chi connectivity index (χ0) is 15.2. The molecule has 5 nitrogen and oxygen atoms in total. The highest BCUT2D eigenvalue weighted by molar-refractivity contribution is 6.30. The summed E-state index contributed by atoms with van der Waals surface area (Å²) in [5.74, 6) is 1.61. The maximum absolute atomic E-state index is 5.99. The number of morpholine rings is 1. The quantitative estimate of drug-likeness (QED) is 0.918. The lowest BCUT2D eigenvalue weighted by Crippen LogP contribution is -2.36. The number of rotatable bonds is 5. The molecule has 0 saturated carbocycles. The highest BCUT2D eigenvalue weighted by atomic mass is 35.5. The van der Waals surface area contributed by atoms with Crippen molar-refractivity contribution in [3.63, 3.8) is 0 Å². The summed E-state index contributed by atoms with van der Waals surface area (Å²) in [6.07, 6.45) is 2.67. The Labute approximate surface area is 135 Å². The second-order valence-electron chi connectivity index (χ2n) is 5.14. The lowest BCUT2D eigenvalue weighted by molar-refractivity contribution is 0.122. The van der Waals surface area contributed by atoms with E-state index in [1.54, 1.807) is 6.20 Å². The number of aromatic nitrogens is 2. The molecule has 1 fully saturated rings. The molecular weight excluding hydrogens is 300 g/mol. The summed E-state index contributed by atoms with van der Waals surface area (Å²) in [4.78, 5) is 11.1. The van der Waals surface area contributed by atoms with E-state index in [-0.39, 0.29) is 0 Å². The first kappa shape index (κ1) is 15.1. The van der Waals surface area contributed by atoms with Crippen LogP contribution in [0.4, 0.5) is 11.8 Å². The molecule has 1 aromatic carbocycles. The van der Waals surface area contributed by atoms with Gasteiger partial charge in [0.2, 0.25) is 5.95 Å². The van der Waals surface area contributed by atoms with Gasteiger partial charge < -0.3 is 15.0 Å². The van der Waals surface area contributed by atoms with Crippen molar-refractivity contribution in [2.45, 2.75) is 6.42 Å². The molecule has 1 aliphatic heterocycles. The molecule has 116 valence electrons. The molecule has 2 aromatic rings. The van der Waals surface area contributed by atoms with E-state index in [4.69, 9.17) is 16.3 Å². The second-order valence-corrected chi connectivity index (χ2v) is 5.58. The fraction of sp³-hybridized carbons (Fsp3) is 0.375. The molecule has 2 heterocycles. The van der Waals surface area contributed by atoms with Gasteiger partial charge in [-0.05, 0) is 30.2 Å². The SMILES string of the molecule is Clc1cccc(CCNc2nccc(N3CCOCC3)n2)c1. The third kappa shape index (κ3) is 4.08. The lowest BCUT2D eigenvalue weighted by Gasteiger charge is -2.27. The molecule has 0 atom stereocenters. The van der Waals surface area contributed by atoms with Crippen molar-refractivity contribution in [1.29, 1.82) is 0 Å². The van der Waals surface area contributed by atoms with Gasteiger partial charge in [-0.15, -0.1) is 0 Å². The van der Waals surface area contributed by atoms with E-state index in [2.05, 4.69) is 26.3 Å². The van der Waals surface area contributed by atoms with Gasteiger partial charge in [-0.3, -0.25) is 0 Å². The highest BCUT2D eigenvalue weighted by Crippen LogP contribution is 2.14. The highest BCUT2D eigenvalue weighted by Gasteiger charge is 2.12. The third-order valence-electron chi connectivity index (χ3n) is 3.56. The van der Waals surface area contributed by atoms with Gasteiger partial charge >= 0.3 is 0 Å². The van der Waals surface area contributed by atoms with Gasteiger partial charge in [-0.25, -0.2) is 4.98 Å². The van der Waals surface area contributed by atoms with E-state index in [1.807, 2.05) is 24.3 Å². The van der Waals surface area contributed by atoms with E-state index in [1.165, 1.54) is 5.56 Å². The third-order valence-corrected chi connectivity index (χ3v) is 3.80. The first-order valence-corrected chi connectivity index (χ1v) is 7.83. The summed E-state index contributed by atoms with van der Waals surface area (Å²) in [5.41, 5.74) is 1.20. The van der Waals surface area contributed by atoms with Crippen molar-refractivity contribution in [1.82, 2.24) is 9.97 Å². The minimum absolute atomic E-state index is 0.658. The summed E-state index contributed by atoms with van der Waals surface area (Å²) in [6, 6.07) is 9.83. The van der Waals surface area contributed by atoms with Crippen molar-refractivity contribution in [2.24, 2.45) is 0 Å². The van der Waals surface area contributed by atoms with Crippen molar-refractivity contribution >= 4 is 23.4 Å². The van der Waals surface area contributed by atoms with Crippen molar-refractivity contribution in [3.05, 3.63) is 47.1 Å². The molecule has 22 heavy (non-hydrogen) atoms. The Morgan fingerprint density at radius 3 is 2.91 bits per heavy atom. The summed E-state index contributed by atoms with van der Waals surface area (Å²) in [5, 5.41) is 4.04. The maximum atomic E-state index is 5.99. The van der Waals surface area contributed by atoms with Crippen LogP contribution in [-0.4, -0.2) is 42.8 Å². The monoisotopic (exact) mass is 318 g/mol. The zero-order valence-corrected chi connectivity index (χ0v) is 13.1. The van der Waals surface area contributed by atoms with Crippen LogP contribution in [-0.2, 0) is 11.2 Å². The lowest BCUT2D eigenvalue weighted by atomic mass is 10.1. The molecule has 0 amide bonds. The van der Waals surface area contributed by atoms with Crippen LogP contribution in [0.1, 0.15) is 5.56 Å². The van der Waals surface area contributed by atoms with Gasteiger partial charge in [-0.1, -0.05) is 23.7 Å². The average molecular weight is 319 g/mol. The minimum Gasteiger partial charge on any atom is -0.378 e. The Balaban J connectivity index is 1.56. The fourth-order valence-corrected chi connectivity index (χ4v) is 2.63. The minimum atomic E-state index is 0.658. The number of ether oxygens (including phenoxy) is 1. The standard InChI is InChI=1S/C16H19ClN4O/c17-14-3-1-2-13(12-14)4-6-18-16-19-7-5-15(20-16)21-8-10-22-11-9-21/h1-3,5,7,12H,4,6,8-11H2,(H,18,19,20). The Kier molecular flexibility index (Phi) is 5.08. The van der Waals surface area contributed by atoms with Crippen molar-refractivity contribution in [2.75, 3.05) is 43.1 Å². The topological polar surface area (TPSA) is 50.3 Å². The van der Waals surface area contributed by atoms with Crippen LogP contribution < -0.4 is 10.2 Å². The van der Waals surface area contributed by atoms with Gasteiger partial charge in [0.1, 0.15) is 5.82 Å². The predicted octanol–water partition coefficient (Wildman–Crippen LogP) is 2.62. The van der Waals surface area contributed by atoms with Gasteiger partial charge in [-0.2, -0.15) is 4.98 Å². The molecule has 1 N–H and O–H groups in total. The van der Waals surface area contributed by atoms with E-state index < -0.39 is 0 Å². The second kappa shape index (κ2) is 7.42. The Bertz CT molecular complexity index is 617. The Morgan fingerprint density at radius 1 is 1.23 bits per heavy atom. The normalized spacial score (nSPS) is 14.9. The first-order valence-electron chi connectivity index (χ1n) is 7.45. The van der Waals surface area contributed by atoms with E-state index in [0.717, 1.165) is 50.1 Å². The molecule has 1 aromatic heterocycles. The van der Waals surface area contributed by atoms with E-state index >= 15 is 0 Å². The summed E-state index contributed by atoms with van der Waals surface area (Å²) < 4.78 is 5.36. The Hall–Kier alpha value is -1.85. The molecule has 0 aliphatic carbocycles. The van der Waals surface area contributed by atoms with Crippen molar-refractivity contribution < 1.29 is 4.74 Å². The fourth-order valence-electron chi connectivity index (χ4n) is 2.41. The van der Waals surface area contributed by atoms with Crippen LogP contribution in [0, 0.1) is 0 Å². The van der Waals surface area contributed by atoms with Crippen LogP contribution in [0.5, 0.6) is 0 Å². The maximum Gasteiger partial charge on any atom is 0.224 e. The van der Waals surface area contributed by atoms with E-state index in [9.17, 15) is 0 Å². The number of nitrogens with one attached hydrogen (secondary N) is 1. The summed E-state index contributed by atoms with van der Waals surface area (Å²) in [6.45, 7) is 4.02. The molecule has 0 unspecified atom stereocenters. The number of benzene rings is 1. The largest absolute Gasteiger partial charge is 0.378 e. The molecule has 0 radical (unpaired) electrons. The van der Waals surface area contributed by atoms with Gasteiger partial charge in [0.15, 0.2) is 0 Å². The smallest absolute Gasteiger partial charge is 0.224 e. The number of anilines is 2. The summed E-state index contributed by atoms with van der Waals surface area (Å²) in [7, 11) is 0. The van der Waals surface area contributed by atoms with Crippen LogP contribution in [0.15, 0.2) is 36.5 Å². The molecular formula is C16H19ClN4O. The van der Waals surface area contributed by atoms with Crippen LogP contribution in [0.25, 0.3) is 0 Å². The average Bonchev–Trinajstić information content (AvgIpc) is 2.56. The summed E-state index contributed by atoms with van der Waals surface area (Å²) >= 11 is 5.99. The van der Waals surface area contributed by atoms with Crippen LogP contribution in [0.2, 0.25) is 5.02 Å². The van der Waals surface area contributed by atoms with Gasteiger partial charge in [0.25, 0.3) is 0 Å². The van der Waals surface area contributed by atoms with Crippen LogP contribution in [0.3, 0.4) is 0 Å². The predicted molar refractivity (Wildman–Crippen MR) is 88.7 cm³/mol. The van der Waals surface area contributed by atoms with Crippen molar-refractivity contribution in [3.8, 4) is 0 Å². The molecule has 3 rings (SSSR count). The molecule has 0 spiro atoms. The first-order chi connectivity index (χ1) is 10.8. The number of halogens is 1. The zero-order valence-electron chi connectivity index (χ0n) is 12.3. The number of hydrogen-bond acceptors (Lipinski definition) is 5. The molecule has 1 saturated heterocycles. The number of nitrogens with zero attached hydrogens (tertiary/aromatic N) is 3. The molecule has 0 bridgehead atoms. The number of hydrogen-bond donors (Lipinski definition) is 1. The molecule has 1 aliphatic rings. The van der Waals surface area contributed by atoms with Crippen LogP contribution >= 0.6 is 11.6 Å². The molecule has 6 heteroatoms. The van der Waals surface area contributed by atoms with E-state index in [0.29, 0.717) is 5.95 Å².